The van der Waals surface area contributed by atoms with Gasteiger partial charge < -0.3 is 5.11 Å². The van der Waals surface area contributed by atoms with Crippen LogP contribution in [-0.4, -0.2) is 33.8 Å². The molecule has 0 aliphatic carbocycles. The van der Waals surface area contributed by atoms with Crippen molar-refractivity contribution >= 4 is 12.4 Å². The second-order valence-electron chi connectivity index (χ2n) is 4.42. The Morgan fingerprint density at radius 2 is 2.00 bits per heavy atom. The molecule has 0 unspecified atom stereocenters. The molecular weight excluding hydrogens is 210 g/mol. The number of carboxylic acid groups (broad SMARTS) is 1. The molecule has 0 aromatic rings. The average molecular weight is 231 g/mol. The average Bonchev–Trinajstić information content (AvgIpc) is 2.21. The molecule has 1 amide bonds. The van der Waals surface area contributed by atoms with E-state index >= 15 is 0 Å². The summed E-state index contributed by atoms with van der Waals surface area (Å²) >= 11 is 0. The number of hydrogen-bond acceptors (Lipinski definition) is 3. The van der Waals surface area contributed by atoms with Gasteiger partial charge in [0.05, 0.1) is 12.0 Å². The lowest BCUT2D eigenvalue weighted by Gasteiger charge is -2.28. The van der Waals surface area contributed by atoms with Crippen molar-refractivity contribution < 1.29 is 19.9 Å². The molecule has 0 heterocycles. The lowest BCUT2D eigenvalue weighted by molar-refractivity contribution is -0.173. The normalized spacial score (nSPS) is 14.6. The van der Waals surface area contributed by atoms with E-state index in [9.17, 15) is 14.8 Å². The van der Waals surface area contributed by atoms with Gasteiger partial charge in [0.15, 0.2) is 0 Å². The molecule has 0 aromatic carbocycles. The molecule has 5 nitrogen and oxygen atoms in total. The zero-order chi connectivity index (χ0) is 12.7. The Labute approximate surface area is 96.0 Å². The summed E-state index contributed by atoms with van der Waals surface area (Å²) in [6.07, 6.45) is 1.93. The minimum Gasteiger partial charge on any atom is -0.481 e. The Balaban J connectivity index is 4.78. The summed E-state index contributed by atoms with van der Waals surface area (Å²) in [6, 6.07) is -0.637. The molecule has 0 fully saturated rings. The second-order valence-corrected chi connectivity index (χ2v) is 4.42. The minimum absolute atomic E-state index is 0.209. The van der Waals surface area contributed by atoms with Crippen LogP contribution in [0.4, 0.5) is 0 Å². The van der Waals surface area contributed by atoms with Gasteiger partial charge in [0, 0.05) is 0 Å². The summed E-state index contributed by atoms with van der Waals surface area (Å²) in [5, 5.41) is 19.0. The van der Waals surface area contributed by atoms with Crippen molar-refractivity contribution in [1.29, 1.82) is 0 Å². The van der Waals surface area contributed by atoms with Gasteiger partial charge in [0.1, 0.15) is 0 Å². The van der Waals surface area contributed by atoms with Gasteiger partial charge in [-0.15, -0.1) is 0 Å². The Morgan fingerprint density at radius 3 is 2.31 bits per heavy atom. The fourth-order valence-electron chi connectivity index (χ4n) is 1.82. The standard InChI is InChI=1S/C11H21NO4/c1-4-5-10(12(16)7-13)9(11(14)15)6-8(2)3/h7-10,16H,4-6H2,1-3H3,(H,14,15)/t9-,10+/m1/s1. The van der Waals surface area contributed by atoms with Gasteiger partial charge in [-0.05, 0) is 18.8 Å². The summed E-state index contributed by atoms with van der Waals surface area (Å²) in [5.74, 6) is -1.47. The van der Waals surface area contributed by atoms with Crippen molar-refractivity contribution in [2.24, 2.45) is 11.8 Å². The van der Waals surface area contributed by atoms with Crippen LogP contribution in [0.1, 0.15) is 40.0 Å². The van der Waals surface area contributed by atoms with Crippen LogP contribution >= 0.6 is 0 Å². The van der Waals surface area contributed by atoms with Crippen molar-refractivity contribution in [3.63, 3.8) is 0 Å². The molecule has 0 aliphatic heterocycles. The first kappa shape index (κ1) is 14.9. The summed E-state index contributed by atoms with van der Waals surface area (Å²) in [6.45, 7) is 5.73. The van der Waals surface area contributed by atoms with Gasteiger partial charge in [-0.2, -0.15) is 0 Å². The second kappa shape index (κ2) is 7.22. The minimum atomic E-state index is -0.965. The topological polar surface area (TPSA) is 77.8 Å². The smallest absolute Gasteiger partial charge is 0.308 e. The number of aliphatic carboxylic acids is 1. The number of rotatable bonds is 8. The van der Waals surface area contributed by atoms with Crippen molar-refractivity contribution in [2.45, 2.75) is 46.1 Å². The first-order valence-corrected chi connectivity index (χ1v) is 5.59. The van der Waals surface area contributed by atoms with Crippen molar-refractivity contribution in [3.05, 3.63) is 0 Å². The first-order valence-electron chi connectivity index (χ1n) is 5.59. The van der Waals surface area contributed by atoms with Gasteiger partial charge in [0.25, 0.3) is 0 Å². The summed E-state index contributed by atoms with van der Waals surface area (Å²) in [7, 11) is 0. The quantitative estimate of drug-likeness (QED) is 0.379. The maximum absolute atomic E-state index is 11.1. The lowest BCUT2D eigenvalue weighted by Crippen LogP contribution is -2.41. The van der Waals surface area contributed by atoms with Gasteiger partial charge in [-0.1, -0.05) is 27.2 Å². The molecule has 5 heteroatoms. The molecule has 0 spiro atoms. The Morgan fingerprint density at radius 1 is 1.44 bits per heavy atom. The molecule has 0 saturated carbocycles. The van der Waals surface area contributed by atoms with Gasteiger partial charge in [0.2, 0.25) is 6.41 Å². The van der Waals surface area contributed by atoms with Gasteiger partial charge in [-0.25, -0.2) is 5.06 Å². The predicted molar refractivity (Wildman–Crippen MR) is 59.0 cm³/mol. The highest BCUT2D eigenvalue weighted by molar-refractivity contribution is 5.71. The zero-order valence-electron chi connectivity index (χ0n) is 10.1. The Bertz CT molecular complexity index is 230. The summed E-state index contributed by atoms with van der Waals surface area (Å²) < 4.78 is 0. The molecule has 0 radical (unpaired) electrons. The van der Waals surface area contributed by atoms with Gasteiger partial charge in [-0.3, -0.25) is 14.8 Å². The van der Waals surface area contributed by atoms with E-state index in [1.54, 1.807) is 0 Å². The number of amides is 1. The molecule has 2 atom stereocenters. The SMILES string of the molecule is CCC[C@@H]([C@@H](CC(C)C)C(=O)O)N(O)C=O. The fraction of sp³-hybridized carbons (Fsp3) is 0.818. The monoisotopic (exact) mass is 231 g/mol. The van der Waals surface area contributed by atoms with Crippen LogP contribution in [-0.2, 0) is 9.59 Å². The highest BCUT2D eigenvalue weighted by Crippen LogP contribution is 2.22. The number of carbonyl (C=O) groups excluding carboxylic acids is 1. The number of hydroxylamine groups is 2. The van der Waals surface area contributed by atoms with E-state index in [1.807, 2.05) is 20.8 Å². The van der Waals surface area contributed by atoms with Crippen molar-refractivity contribution in [1.82, 2.24) is 5.06 Å². The number of carbonyl (C=O) groups is 2. The maximum atomic E-state index is 11.1. The van der Waals surface area contributed by atoms with Crippen LogP contribution in [0.3, 0.4) is 0 Å². The van der Waals surface area contributed by atoms with E-state index < -0.39 is 17.9 Å². The van der Waals surface area contributed by atoms with Crippen molar-refractivity contribution in [2.75, 3.05) is 0 Å². The van der Waals surface area contributed by atoms with Crippen LogP contribution in [0, 0.1) is 11.8 Å². The summed E-state index contributed by atoms with van der Waals surface area (Å²) in [5.41, 5.74) is 0. The van der Waals surface area contributed by atoms with E-state index in [2.05, 4.69) is 0 Å². The summed E-state index contributed by atoms with van der Waals surface area (Å²) in [4.78, 5) is 21.6. The third-order valence-electron chi connectivity index (χ3n) is 2.54. The van der Waals surface area contributed by atoms with E-state index in [4.69, 9.17) is 5.11 Å². The molecule has 0 aromatic heterocycles. The van der Waals surface area contributed by atoms with Crippen LogP contribution in [0.15, 0.2) is 0 Å². The van der Waals surface area contributed by atoms with Crippen LogP contribution in [0.25, 0.3) is 0 Å². The Hall–Kier alpha value is -1.10. The fourth-order valence-corrected chi connectivity index (χ4v) is 1.82. The van der Waals surface area contributed by atoms with E-state index in [-0.39, 0.29) is 12.3 Å². The van der Waals surface area contributed by atoms with Crippen LogP contribution in [0.2, 0.25) is 0 Å². The molecule has 0 saturated heterocycles. The highest BCUT2D eigenvalue weighted by Gasteiger charge is 2.31. The third-order valence-corrected chi connectivity index (χ3v) is 2.54. The molecule has 0 aliphatic rings. The molecule has 16 heavy (non-hydrogen) atoms. The molecule has 94 valence electrons. The third kappa shape index (κ3) is 4.61. The van der Waals surface area contributed by atoms with E-state index in [0.717, 1.165) is 6.42 Å². The number of hydrogen-bond donors (Lipinski definition) is 2. The first-order chi connectivity index (χ1) is 7.43. The highest BCUT2D eigenvalue weighted by atomic mass is 16.5. The van der Waals surface area contributed by atoms with Gasteiger partial charge >= 0.3 is 5.97 Å². The Kier molecular flexibility index (Phi) is 6.72. The predicted octanol–water partition coefficient (Wildman–Crippen LogP) is 1.75. The molecule has 0 bridgehead atoms. The number of carboxylic acids is 1. The zero-order valence-corrected chi connectivity index (χ0v) is 10.1. The number of nitrogens with zero attached hydrogens (tertiary/aromatic N) is 1. The largest absolute Gasteiger partial charge is 0.481 e. The molecule has 0 rings (SSSR count). The maximum Gasteiger partial charge on any atom is 0.308 e. The van der Waals surface area contributed by atoms with Crippen molar-refractivity contribution in [3.8, 4) is 0 Å². The van der Waals surface area contributed by atoms with E-state index in [1.165, 1.54) is 0 Å². The molecular formula is C11H21NO4. The van der Waals surface area contributed by atoms with Crippen LogP contribution < -0.4 is 0 Å². The van der Waals surface area contributed by atoms with E-state index in [0.29, 0.717) is 17.9 Å². The molecule has 2 N–H and O–H groups in total. The lowest BCUT2D eigenvalue weighted by atomic mass is 9.88. The van der Waals surface area contributed by atoms with Crippen LogP contribution in [0.5, 0.6) is 0 Å².